The van der Waals surface area contributed by atoms with Crippen LogP contribution in [-0.2, 0) is 4.79 Å². The van der Waals surface area contributed by atoms with Gasteiger partial charge in [0.2, 0.25) is 5.91 Å². The number of fused-ring (bicyclic) bond motifs is 2. The van der Waals surface area contributed by atoms with Crippen LogP contribution in [0.1, 0.15) is 40.2 Å². The number of carboxylic acids is 1. The minimum absolute atomic E-state index is 0.00801. The summed E-state index contributed by atoms with van der Waals surface area (Å²) in [5.41, 5.74) is -0.0512. The normalized spacial score (nSPS) is 25.2. The molecule has 1 aromatic heterocycles. The van der Waals surface area contributed by atoms with Crippen molar-refractivity contribution in [1.82, 2.24) is 10.2 Å². The van der Waals surface area contributed by atoms with E-state index in [-0.39, 0.29) is 41.6 Å². The molecule has 0 radical (unpaired) electrons. The molecule has 3 rings (SSSR count). The molecule has 2 unspecified atom stereocenters. The van der Waals surface area contributed by atoms with E-state index in [0.717, 1.165) is 19.1 Å². The highest BCUT2D eigenvalue weighted by Crippen LogP contribution is 2.30. The van der Waals surface area contributed by atoms with E-state index in [4.69, 9.17) is 9.52 Å². The first kappa shape index (κ1) is 12.7. The third-order valence-electron chi connectivity index (χ3n) is 3.87. The molecular formula is C13H14N2O5. The molecule has 2 fully saturated rings. The lowest BCUT2D eigenvalue weighted by Gasteiger charge is -2.26. The Bertz CT molecular complexity index is 579. The van der Waals surface area contributed by atoms with Crippen molar-refractivity contribution in [3.05, 3.63) is 23.7 Å². The van der Waals surface area contributed by atoms with Gasteiger partial charge < -0.3 is 19.7 Å². The Morgan fingerprint density at radius 2 is 2.10 bits per heavy atom. The Morgan fingerprint density at radius 3 is 2.80 bits per heavy atom. The van der Waals surface area contributed by atoms with Gasteiger partial charge in [0.15, 0.2) is 5.76 Å². The topological polar surface area (TPSA) is 99.9 Å². The highest BCUT2D eigenvalue weighted by Gasteiger charge is 2.41. The Labute approximate surface area is 114 Å². The number of rotatable bonds is 2. The molecule has 0 aromatic carbocycles. The first-order valence-electron chi connectivity index (χ1n) is 6.47. The number of hydrogen-bond acceptors (Lipinski definition) is 4. The van der Waals surface area contributed by atoms with Crippen molar-refractivity contribution >= 4 is 17.8 Å². The predicted molar refractivity (Wildman–Crippen MR) is 66.3 cm³/mol. The molecule has 20 heavy (non-hydrogen) atoms. The highest BCUT2D eigenvalue weighted by atomic mass is 16.4. The summed E-state index contributed by atoms with van der Waals surface area (Å²) in [5.74, 6) is -1.53. The summed E-state index contributed by atoms with van der Waals surface area (Å²) in [5, 5.41) is 11.6. The number of hydrogen-bond donors (Lipinski definition) is 2. The lowest BCUT2D eigenvalue weighted by atomic mass is 10.1. The molecule has 2 atom stereocenters. The van der Waals surface area contributed by atoms with Gasteiger partial charge in [-0.1, -0.05) is 0 Å². The molecule has 2 amide bonds. The summed E-state index contributed by atoms with van der Waals surface area (Å²) in [4.78, 5) is 36.4. The van der Waals surface area contributed by atoms with Crippen molar-refractivity contribution < 1.29 is 23.9 Å². The number of carbonyl (C=O) groups excluding carboxylic acids is 2. The number of carboxylic acid groups (broad SMARTS) is 1. The van der Waals surface area contributed by atoms with E-state index in [0.29, 0.717) is 6.54 Å². The van der Waals surface area contributed by atoms with Crippen LogP contribution in [0.25, 0.3) is 0 Å². The van der Waals surface area contributed by atoms with Gasteiger partial charge in [-0.05, 0) is 12.8 Å². The number of aromatic carboxylic acids is 1. The molecule has 2 aliphatic rings. The number of nitrogens with zero attached hydrogens (tertiary/aromatic N) is 1. The van der Waals surface area contributed by atoms with Gasteiger partial charge in [0.05, 0.1) is 5.56 Å². The maximum Gasteiger partial charge on any atom is 0.338 e. The Balaban J connectivity index is 1.85. The molecule has 7 nitrogen and oxygen atoms in total. The first-order chi connectivity index (χ1) is 9.56. The van der Waals surface area contributed by atoms with Crippen LogP contribution in [0.4, 0.5) is 0 Å². The van der Waals surface area contributed by atoms with Gasteiger partial charge >= 0.3 is 5.97 Å². The van der Waals surface area contributed by atoms with Crippen molar-refractivity contribution in [1.29, 1.82) is 0 Å². The van der Waals surface area contributed by atoms with E-state index in [9.17, 15) is 14.4 Å². The summed E-state index contributed by atoms with van der Waals surface area (Å²) in [6, 6.07) is 1.05. The molecule has 3 heterocycles. The third kappa shape index (κ3) is 2.04. The fourth-order valence-electron chi connectivity index (χ4n) is 2.90. The van der Waals surface area contributed by atoms with Gasteiger partial charge in [0.25, 0.3) is 5.91 Å². The Kier molecular flexibility index (Phi) is 2.96. The second kappa shape index (κ2) is 4.66. The van der Waals surface area contributed by atoms with E-state index in [1.54, 1.807) is 4.90 Å². The second-order valence-electron chi connectivity index (χ2n) is 5.11. The van der Waals surface area contributed by atoms with Crippen LogP contribution in [0.2, 0.25) is 0 Å². The second-order valence-corrected chi connectivity index (χ2v) is 5.11. The van der Waals surface area contributed by atoms with Crippen molar-refractivity contribution in [3.63, 3.8) is 0 Å². The van der Waals surface area contributed by atoms with E-state index in [1.807, 2.05) is 0 Å². The monoisotopic (exact) mass is 278 g/mol. The molecule has 2 bridgehead atoms. The lowest BCUT2D eigenvalue weighted by molar-refractivity contribution is -0.121. The smallest absolute Gasteiger partial charge is 0.338 e. The zero-order valence-corrected chi connectivity index (χ0v) is 10.7. The zero-order valence-electron chi connectivity index (χ0n) is 10.7. The quantitative estimate of drug-likeness (QED) is 0.819. The van der Waals surface area contributed by atoms with Gasteiger partial charge in [-0.2, -0.15) is 0 Å². The average Bonchev–Trinajstić information content (AvgIpc) is 2.97. The molecule has 1 aromatic rings. The molecule has 0 spiro atoms. The maximum atomic E-state index is 12.5. The summed E-state index contributed by atoms with van der Waals surface area (Å²) in [6.45, 7) is 0.438. The minimum atomic E-state index is -1.14. The van der Waals surface area contributed by atoms with Gasteiger partial charge in [-0.25, -0.2) is 4.79 Å². The molecule has 2 N–H and O–H groups in total. The van der Waals surface area contributed by atoms with Crippen LogP contribution < -0.4 is 5.32 Å². The van der Waals surface area contributed by atoms with Gasteiger partial charge in [0.1, 0.15) is 6.26 Å². The molecular weight excluding hydrogens is 264 g/mol. The predicted octanol–water partition coefficient (Wildman–Crippen LogP) is 0.471. The van der Waals surface area contributed by atoms with E-state index in [1.165, 1.54) is 6.07 Å². The minimum Gasteiger partial charge on any atom is -0.478 e. The summed E-state index contributed by atoms with van der Waals surface area (Å²) in [6.07, 6.45) is 2.97. The molecule has 0 saturated carbocycles. The standard InChI is InChI=1S/C13H14N2O5/c16-11-4-8-1-2-9(5-14-11)15(8)12(17)10-3-7(6-20-10)13(18)19/h3,6,8-9H,1-2,4-5H2,(H,14,16)(H,18,19). The molecule has 0 aliphatic carbocycles. The molecule has 106 valence electrons. The summed E-state index contributed by atoms with van der Waals surface area (Å²) in [7, 11) is 0. The average molecular weight is 278 g/mol. The van der Waals surface area contributed by atoms with Crippen LogP contribution in [0, 0.1) is 0 Å². The van der Waals surface area contributed by atoms with Gasteiger partial charge in [-0.3, -0.25) is 9.59 Å². The zero-order chi connectivity index (χ0) is 14.3. The Hall–Kier alpha value is -2.31. The first-order valence-corrected chi connectivity index (χ1v) is 6.47. The van der Waals surface area contributed by atoms with Gasteiger partial charge in [0, 0.05) is 31.1 Å². The van der Waals surface area contributed by atoms with Gasteiger partial charge in [-0.15, -0.1) is 0 Å². The summed E-state index contributed by atoms with van der Waals surface area (Å²) >= 11 is 0. The van der Waals surface area contributed by atoms with Crippen molar-refractivity contribution in [2.75, 3.05) is 6.54 Å². The van der Waals surface area contributed by atoms with Crippen LogP contribution >= 0.6 is 0 Å². The van der Waals surface area contributed by atoms with Crippen LogP contribution in [-0.4, -0.2) is 46.4 Å². The molecule has 2 aliphatic heterocycles. The van der Waals surface area contributed by atoms with Crippen LogP contribution in [0.3, 0.4) is 0 Å². The van der Waals surface area contributed by atoms with Crippen molar-refractivity contribution in [3.8, 4) is 0 Å². The third-order valence-corrected chi connectivity index (χ3v) is 3.87. The van der Waals surface area contributed by atoms with E-state index >= 15 is 0 Å². The highest BCUT2D eigenvalue weighted by molar-refractivity contribution is 5.96. The number of furan rings is 1. The van der Waals surface area contributed by atoms with E-state index in [2.05, 4.69) is 5.32 Å². The van der Waals surface area contributed by atoms with Crippen molar-refractivity contribution in [2.45, 2.75) is 31.3 Å². The van der Waals surface area contributed by atoms with Crippen molar-refractivity contribution in [2.24, 2.45) is 0 Å². The maximum absolute atomic E-state index is 12.5. The Morgan fingerprint density at radius 1 is 1.35 bits per heavy atom. The summed E-state index contributed by atoms with van der Waals surface area (Å²) < 4.78 is 5.06. The van der Waals surface area contributed by atoms with E-state index < -0.39 is 5.97 Å². The fraction of sp³-hybridized carbons (Fsp3) is 0.462. The van der Waals surface area contributed by atoms with Crippen LogP contribution in [0.5, 0.6) is 0 Å². The van der Waals surface area contributed by atoms with Crippen LogP contribution in [0.15, 0.2) is 16.7 Å². The SMILES string of the molecule is O=C1CC2CCC(CN1)N2C(=O)c1cc(C(=O)O)co1. The largest absolute Gasteiger partial charge is 0.478 e. The number of nitrogens with one attached hydrogen (secondary N) is 1. The lowest BCUT2D eigenvalue weighted by Crippen LogP contribution is -2.42. The molecule has 2 saturated heterocycles. The fourth-order valence-corrected chi connectivity index (χ4v) is 2.90. The number of carbonyl (C=O) groups is 3. The molecule has 7 heteroatoms. The number of amides is 2.